The van der Waals surface area contributed by atoms with Crippen molar-refractivity contribution in [2.45, 2.75) is 6.61 Å². The van der Waals surface area contributed by atoms with Gasteiger partial charge in [-0.15, -0.1) is 4.73 Å². The number of hydrogen-bond donors (Lipinski definition) is 2. The van der Waals surface area contributed by atoms with E-state index in [-0.39, 0.29) is 23.6 Å². The van der Waals surface area contributed by atoms with E-state index in [0.29, 0.717) is 32.4 Å². The molecule has 0 aliphatic heterocycles. The lowest BCUT2D eigenvalue weighted by Crippen LogP contribution is -2.27. The van der Waals surface area contributed by atoms with Gasteiger partial charge in [0, 0.05) is 11.1 Å². The standard InChI is InChI=1S/C21H16Cl2N4O3/c1-30-27-20-14(9-13(21(27)29)17-15(22)3-2-4-16(17)23)18(24)25-19(26-20)12-7-5-11(10-28)6-8-12/h2-9,28H,10H2,1H3,(H2,24,25,26). The van der Waals surface area contributed by atoms with Crippen LogP contribution in [0.3, 0.4) is 0 Å². The molecule has 2 aromatic carbocycles. The molecule has 2 aromatic heterocycles. The highest BCUT2D eigenvalue weighted by Gasteiger charge is 2.20. The predicted octanol–water partition coefficient (Wildman–Crippen LogP) is 3.57. The molecule has 152 valence electrons. The van der Waals surface area contributed by atoms with Crippen molar-refractivity contribution < 1.29 is 9.94 Å². The summed E-state index contributed by atoms with van der Waals surface area (Å²) in [6, 6.07) is 13.6. The molecule has 0 aliphatic carbocycles. The van der Waals surface area contributed by atoms with Crippen LogP contribution in [0.2, 0.25) is 10.0 Å². The lowest BCUT2D eigenvalue weighted by atomic mass is 10.1. The summed E-state index contributed by atoms with van der Waals surface area (Å²) in [5, 5.41) is 10.3. The molecule has 7 nitrogen and oxygen atoms in total. The number of hydrogen-bond acceptors (Lipinski definition) is 6. The van der Waals surface area contributed by atoms with Gasteiger partial charge in [-0.2, -0.15) is 0 Å². The Morgan fingerprint density at radius 3 is 2.37 bits per heavy atom. The van der Waals surface area contributed by atoms with Crippen molar-refractivity contribution >= 4 is 40.1 Å². The lowest BCUT2D eigenvalue weighted by Gasteiger charge is -2.14. The van der Waals surface area contributed by atoms with E-state index in [9.17, 15) is 9.90 Å². The fourth-order valence-corrected chi connectivity index (χ4v) is 3.77. The summed E-state index contributed by atoms with van der Waals surface area (Å²) in [6.07, 6.45) is 0. The van der Waals surface area contributed by atoms with E-state index in [0.717, 1.165) is 10.3 Å². The van der Waals surface area contributed by atoms with Gasteiger partial charge in [0.05, 0.1) is 27.6 Å². The Hall–Kier alpha value is -3.13. The van der Waals surface area contributed by atoms with E-state index >= 15 is 0 Å². The molecule has 0 spiro atoms. The second-order valence-corrected chi connectivity index (χ2v) is 7.28. The highest BCUT2D eigenvalue weighted by molar-refractivity contribution is 6.39. The number of nitrogens with zero attached hydrogens (tertiary/aromatic N) is 3. The zero-order valence-corrected chi connectivity index (χ0v) is 17.3. The van der Waals surface area contributed by atoms with Gasteiger partial charge >= 0.3 is 0 Å². The average molecular weight is 443 g/mol. The van der Waals surface area contributed by atoms with E-state index in [1.54, 1.807) is 48.5 Å². The second-order valence-electron chi connectivity index (χ2n) is 6.46. The summed E-state index contributed by atoms with van der Waals surface area (Å²) in [6.45, 7) is -0.0718. The summed E-state index contributed by atoms with van der Waals surface area (Å²) < 4.78 is 1.04. The fraction of sp³-hybridized carbons (Fsp3) is 0.0952. The Bertz CT molecular complexity index is 1300. The van der Waals surface area contributed by atoms with Crippen LogP contribution in [0.1, 0.15) is 5.56 Å². The summed E-state index contributed by atoms with van der Waals surface area (Å²) in [5.74, 6) is 0.481. The molecular weight excluding hydrogens is 427 g/mol. The highest BCUT2D eigenvalue weighted by atomic mass is 35.5. The molecule has 0 atom stereocenters. The van der Waals surface area contributed by atoms with Crippen LogP contribution in [-0.4, -0.2) is 26.9 Å². The number of aliphatic hydroxyl groups is 1. The number of fused-ring (bicyclic) bond motifs is 1. The van der Waals surface area contributed by atoms with Gasteiger partial charge < -0.3 is 15.7 Å². The van der Waals surface area contributed by atoms with Crippen molar-refractivity contribution in [1.82, 2.24) is 14.7 Å². The first-order chi connectivity index (χ1) is 14.4. The maximum atomic E-state index is 13.2. The minimum atomic E-state index is -0.486. The van der Waals surface area contributed by atoms with Crippen molar-refractivity contribution in [3.63, 3.8) is 0 Å². The molecule has 4 rings (SSSR count). The predicted molar refractivity (Wildman–Crippen MR) is 118 cm³/mol. The molecule has 0 fully saturated rings. The molecule has 0 aliphatic rings. The normalized spacial score (nSPS) is 11.1. The third-order valence-electron chi connectivity index (χ3n) is 4.66. The van der Waals surface area contributed by atoms with E-state index in [1.165, 1.54) is 7.11 Å². The van der Waals surface area contributed by atoms with Crippen LogP contribution in [0, 0.1) is 0 Å². The van der Waals surface area contributed by atoms with Crippen LogP contribution in [0.25, 0.3) is 33.5 Å². The van der Waals surface area contributed by atoms with Crippen LogP contribution < -0.4 is 16.1 Å². The molecule has 0 amide bonds. The van der Waals surface area contributed by atoms with Crippen LogP contribution in [0.4, 0.5) is 5.82 Å². The van der Waals surface area contributed by atoms with Crippen molar-refractivity contribution in [3.05, 3.63) is 74.5 Å². The molecule has 0 radical (unpaired) electrons. The van der Waals surface area contributed by atoms with Gasteiger partial charge in [-0.25, -0.2) is 9.97 Å². The number of aromatic nitrogens is 3. The Morgan fingerprint density at radius 2 is 1.77 bits per heavy atom. The first-order valence-corrected chi connectivity index (χ1v) is 9.62. The number of aliphatic hydroxyl groups excluding tert-OH is 1. The number of pyridine rings is 1. The number of nitrogen functional groups attached to an aromatic ring is 1. The number of anilines is 1. The van der Waals surface area contributed by atoms with E-state index in [4.69, 9.17) is 33.8 Å². The first kappa shape index (κ1) is 20.2. The van der Waals surface area contributed by atoms with Gasteiger partial charge in [0.15, 0.2) is 11.5 Å². The smallest absolute Gasteiger partial charge is 0.293 e. The molecule has 0 saturated carbocycles. The quantitative estimate of drug-likeness (QED) is 0.500. The molecule has 9 heteroatoms. The van der Waals surface area contributed by atoms with Crippen molar-refractivity contribution in [2.24, 2.45) is 0 Å². The Kier molecular flexibility index (Phi) is 5.34. The molecule has 0 bridgehead atoms. The Labute approximate surface area is 181 Å². The zero-order valence-electron chi connectivity index (χ0n) is 15.8. The third kappa shape index (κ3) is 3.37. The van der Waals surface area contributed by atoms with E-state index < -0.39 is 5.56 Å². The highest BCUT2D eigenvalue weighted by Crippen LogP contribution is 2.34. The van der Waals surface area contributed by atoms with Gasteiger partial charge in [-0.05, 0) is 23.8 Å². The SMILES string of the molecule is COn1c(=O)c(-c2c(Cl)cccc2Cl)cc2c(N)nc(-c3ccc(CO)cc3)nc21. The largest absolute Gasteiger partial charge is 0.412 e. The minimum Gasteiger partial charge on any atom is -0.412 e. The third-order valence-corrected chi connectivity index (χ3v) is 5.29. The van der Waals surface area contributed by atoms with Gasteiger partial charge in [-0.3, -0.25) is 4.79 Å². The fourth-order valence-electron chi connectivity index (χ4n) is 3.17. The topological polar surface area (TPSA) is 103 Å². The van der Waals surface area contributed by atoms with Crippen LogP contribution in [-0.2, 0) is 6.61 Å². The maximum Gasteiger partial charge on any atom is 0.293 e. The monoisotopic (exact) mass is 442 g/mol. The number of nitrogens with two attached hydrogens (primary N) is 1. The molecule has 0 saturated heterocycles. The summed E-state index contributed by atoms with van der Waals surface area (Å²) in [7, 11) is 1.35. The molecule has 3 N–H and O–H groups in total. The Balaban J connectivity index is 2.00. The van der Waals surface area contributed by atoms with Crippen LogP contribution in [0.5, 0.6) is 0 Å². The second kappa shape index (κ2) is 7.95. The van der Waals surface area contributed by atoms with Gasteiger partial charge in [0.25, 0.3) is 5.56 Å². The average Bonchev–Trinajstić information content (AvgIpc) is 2.74. The molecular formula is C21H16Cl2N4O3. The first-order valence-electron chi connectivity index (χ1n) is 8.87. The van der Waals surface area contributed by atoms with Crippen molar-refractivity contribution in [3.8, 4) is 22.5 Å². The maximum absolute atomic E-state index is 13.2. The number of halogens is 2. The van der Waals surface area contributed by atoms with E-state index in [2.05, 4.69) is 9.97 Å². The van der Waals surface area contributed by atoms with Crippen molar-refractivity contribution in [2.75, 3.05) is 12.8 Å². The Morgan fingerprint density at radius 1 is 1.10 bits per heavy atom. The number of rotatable bonds is 4. The van der Waals surface area contributed by atoms with E-state index in [1.807, 2.05) is 0 Å². The van der Waals surface area contributed by atoms with Gasteiger partial charge in [-0.1, -0.05) is 53.5 Å². The summed E-state index contributed by atoms with van der Waals surface area (Å²) in [4.78, 5) is 27.3. The van der Waals surface area contributed by atoms with Gasteiger partial charge in [0.1, 0.15) is 12.9 Å². The lowest BCUT2D eigenvalue weighted by molar-refractivity contribution is 0.168. The van der Waals surface area contributed by atoms with Crippen LogP contribution in [0.15, 0.2) is 53.3 Å². The summed E-state index contributed by atoms with van der Waals surface area (Å²) in [5.41, 5.74) is 7.97. The van der Waals surface area contributed by atoms with Crippen LogP contribution >= 0.6 is 23.2 Å². The van der Waals surface area contributed by atoms with Gasteiger partial charge in [0.2, 0.25) is 0 Å². The molecule has 4 aromatic rings. The molecule has 2 heterocycles. The van der Waals surface area contributed by atoms with Crippen molar-refractivity contribution in [1.29, 1.82) is 0 Å². The summed E-state index contributed by atoms with van der Waals surface area (Å²) >= 11 is 12.6. The minimum absolute atomic E-state index is 0.0718. The zero-order chi connectivity index (χ0) is 21.4. The number of benzene rings is 2. The molecule has 30 heavy (non-hydrogen) atoms. The molecule has 0 unspecified atom stereocenters.